The number of rotatable bonds is 2. The molecule has 1 saturated heterocycles. The van der Waals surface area contributed by atoms with Gasteiger partial charge in [-0.25, -0.2) is 0 Å². The van der Waals surface area contributed by atoms with Crippen LogP contribution in [0.4, 0.5) is 0 Å². The zero-order valence-electron chi connectivity index (χ0n) is 7.67. The summed E-state index contributed by atoms with van der Waals surface area (Å²) in [6.45, 7) is 1.17. The first-order chi connectivity index (χ1) is 6.81. The Morgan fingerprint density at radius 1 is 1.50 bits per heavy atom. The molecule has 4 heteroatoms. The highest BCUT2D eigenvalue weighted by Crippen LogP contribution is 2.24. The SMILES string of the molecule is N#CC(c1ccncc1)N1CC(O)C1. The van der Waals surface area contributed by atoms with Crippen LogP contribution in [-0.4, -0.2) is 34.2 Å². The van der Waals surface area contributed by atoms with Crippen molar-refractivity contribution in [3.05, 3.63) is 30.1 Å². The van der Waals surface area contributed by atoms with E-state index in [2.05, 4.69) is 11.1 Å². The Labute approximate surface area is 82.4 Å². The maximum absolute atomic E-state index is 9.15. The van der Waals surface area contributed by atoms with Crippen LogP contribution in [-0.2, 0) is 0 Å². The van der Waals surface area contributed by atoms with Gasteiger partial charge in [-0.1, -0.05) is 0 Å². The van der Waals surface area contributed by atoms with E-state index >= 15 is 0 Å². The highest BCUT2D eigenvalue weighted by molar-refractivity contribution is 5.22. The van der Waals surface area contributed by atoms with Crippen molar-refractivity contribution in [2.45, 2.75) is 12.1 Å². The number of aromatic nitrogens is 1. The van der Waals surface area contributed by atoms with Crippen molar-refractivity contribution < 1.29 is 5.11 Å². The molecule has 2 rings (SSSR count). The number of pyridine rings is 1. The summed E-state index contributed by atoms with van der Waals surface area (Å²) < 4.78 is 0. The van der Waals surface area contributed by atoms with Crippen molar-refractivity contribution in [1.29, 1.82) is 5.26 Å². The molecule has 1 atom stereocenters. The minimum Gasteiger partial charge on any atom is -0.390 e. The van der Waals surface area contributed by atoms with Crippen molar-refractivity contribution in [3.8, 4) is 6.07 Å². The quantitative estimate of drug-likeness (QED) is 0.728. The summed E-state index contributed by atoms with van der Waals surface area (Å²) in [6.07, 6.45) is 3.08. The third-order valence-electron chi connectivity index (χ3n) is 2.40. The second-order valence-corrected chi connectivity index (χ2v) is 3.42. The lowest BCUT2D eigenvalue weighted by atomic mass is 10.0. The van der Waals surface area contributed by atoms with Gasteiger partial charge in [-0.05, 0) is 17.7 Å². The Bertz CT molecular complexity index is 340. The van der Waals surface area contributed by atoms with Gasteiger partial charge in [0.25, 0.3) is 0 Å². The van der Waals surface area contributed by atoms with E-state index < -0.39 is 0 Å². The molecule has 1 N–H and O–H groups in total. The van der Waals surface area contributed by atoms with Gasteiger partial charge in [0, 0.05) is 25.5 Å². The fourth-order valence-corrected chi connectivity index (χ4v) is 1.61. The summed E-state index contributed by atoms with van der Waals surface area (Å²) >= 11 is 0. The molecule has 0 aromatic carbocycles. The van der Waals surface area contributed by atoms with Gasteiger partial charge in [-0.2, -0.15) is 5.26 Å². The second-order valence-electron chi connectivity index (χ2n) is 3.42. The third kappa shape index (κ3) is 1.60. The summed E-state index contributed by atoms with van der Waals surface area (Å²) in [5, 5.41) is 18.2. The minimum absolute atomic E-state index is 0.249. The Morgan fingerprint density at radius 2 is 2.14 bits per heavy atom. The van der Waals surface area contributed by atoms with Crippen LogP contribution < -0.4 is 0 Å². The molecule has 0 saturated carbocycles. The van der Waals surface area contributed by atoms with E-state index in [0.717, 1.165) is 5.56 Å². The molecule has 0 amide bonds. The highest BCUT2D eigenvalue weighted by atomic mass is 16.3. The van der Waals surface area contributed by atoms with Crippen LogP contribution in [0.25, 0.3) is 0 Å². The molecule has 0 spiro atoms. The normalized spacial score (nSPS) is 19.7. The van der Waals surface area contributed by atoms with Crippen molar-refractivity contribution in [1.82, 2.24) is 9.88 Å². The van der Waals surface area contributed by atoms with Gasteiger partial charge in [-0.15, -0.1) is 0 Å². The number of hydrogen-bond acceptors (Lipinski definition) is 4. The van der Waals surface area contributed by atoms with Crippen molar-refractivity contribution >= 4 is 0 Å². The summed E-state index contributed by atoms with van der Waals surface area (Å²) in [6, 6.07) is 5.64. The molecule has 0 radical (unpaired) electrons. The third-order valence-corrected chi connectivity index (χ3v) is 2.40. The summed E-state index contributed by atoms with van der Waals surface area (Å²) in [5.74, 6) is 0. The average Bonchev–Trinajstić information content (AvgIpc) is 2.18. The molecule has 1 aliphatic rings. The van der Waals surface area contributed by atoms with Crippen LogP contribution in [0, 0.1) is 11.3 Å². The number of aliphatic hydroxyl groups excluding tert-OH is 1. The van der Waals surface area contributed by atoms with Gasteiger partial charge >= 0.3 is 0 Å². The largest absolute Gasteiger partial charge is 0.390 e. The van der Waals surface area contributed by atoms with E-state index in [1.54, 1.807) is 12.4 Å². The maximum atomic E-state index is 9.15. The van der Waals surface area contributed by atoms with Crippen LogP contribution >= 0.6 is 0 Å². The van der Waals surface area contributed by atoms with Gasteiger partial charge in [0.05, 0.1) is 12.2 Å². The number of nitrogens with zero attached hydrogens (tertiary/aromatic N) is 3. The van der Waals surface area contributed by atoms with Gasteiger partial charge < -0.3 is 5.11 Å². The molecule has 14 heavy (non-hydrogen) atoms. The molecular formula is C10H11N3O. The number of β-amino-alcohol motifs (C(OH)–C–C–N with tert-alkyl or cyclic N) is 1. The van der Waals surface area contributed by atoms with E-state index in [0.29, 0.717) is 13.1 Å². The minimum atomic E-state index is -0.271. The number of likely N-dealkylation sites (tertiary alicyclic amines) is 1. The average molecular weight is 189 g/mol. The summed E-state index contributed by atoms with van der Waals surface area (Å²) in [5.41, 5.74) is 0.939. The number of nitriles is 1. The van der Waals surface area contributed by atoms with E-state index in [-0.39, 0.29) is 12.1 Å². The van der Waals surface area contributed by atoms with Crippen LogP contribution in [0.2, 0.25) is 0 Å². The smallest absolute Gasteiger partial charge is 0.124 e. The lowest BCUT2D eigenvalue weighted by Gasteiger charge is -2.38. The maximum Gasteiger partial charge on any atom is 0.124 e. The predicted molar refractivity (Wildman–Crippen MR) is 50.2 cm³/mol. The summed E-state index contributed by atoms with van der Waals surface area (Å²) in [7, 11) is 0. The predicted octanol–water partition coefficient (Wildman–Crippen LogP) is 0.323. The molecule has 0 bridgehead atoms. The first-order valence-electron chi connectivity index (χ1n) is 4.53. The lowest BCUT2D eigenvalue weighted by molar-refractivity contribution is -0.0127. The molecule has 2 heterocycles. The molecule has 1 unspecified atom stereocenters. The zero-order chi connectivity index (χ0) is 9.97. The van der Waals surface area contributed by atoms with Gasteiger partial charge in [0.15, 0.2) is 0 Å². The van der Waals surface area contributed by atoms with Crippen molar-refractivity contribution in [3.63, 3.8) is 0 Å². The standard InChI is InChI=1S/C10H11N3O/c11-5-10(13-6-9(14)7-13)8-1-3-12-4-2-8/h1-4,9-10,14H,6-7H2. The van der Waals surface area contributed by atoms with Crippen LogP contribution in [0.15, 0.2) is 24.5 Å². The molecule has 1 aliphatic heterocycles. The molecule has 1 aromatic heterocycles. The number of hydrogen-bond donors (Lipinski definition) is 1. The molecule has 72 valence electrons. The Balaban J connectivity index is 2.12. The van der Waals surface area contributed by atoms with E-state index in [1.165, 1.54) is 0 Å². The monoisotopic (exact) mass is 189 g/mol. The zero-order valence-corrected chi connectivity index (χ0v) is 7.67. The van der Waals surface area contributed by atoms with Gasteiger partial charge in [0.2, 0.25) is 0 Å². The highest BCUT2D eigenvalue weighted by Gasteiger charge is 2.31. The van der Waals surface area contributed by atoms with E-state index in [9.17, 15) is 0 Å². The Morgan fingerprint density at radius 3 is 2.64 bits per heavy atom. The molecule has 1 aromatic rings. The molecule has 0 aliphatic carbocycles. The molecule has 4 nitrogen and oxygen atoms in total. The first kappa shape index (κ1) is 9.13. The van der Waals surface area contributed by atoms with Gasteiger partial charge in [-0.3, -0.25) is 9.88 Å². The van der Waals surface area contributed by atoms with E-state index in [1.807, 2.05) is 17.0 Å². The Kier molecular flexibility index (Phi) is 2.44. The fraction of sp³-hybridized carbons (Fsp3) is 0.400. The second kappa shape index (κ2) is 3.74. The molecule has 1 fully saturated rings. The fourth-order valence-electron chi connectivity index (χ4n) is 1.61. The van der Waals surface area contributed by atoms with Crippen LogP contribution in [0.1, 0.15) is 11.6 Å². The molecular weight excluding hydrogens is 178 g/mol. The Hall–Kier alpha value is -1.44. The number of aliphatic hydroxyl groups is 1. The summed E-state index contributed by atoms with van der Waals surface area (Å²) in [4.78, 5) is 5.85. The van der Waals surface area contributed by atoms with Crippen LogP contribution in [0.3, 0.4) is 0 Å². The van der Waals surface area contributed by atoms with Crippen molar-refractivity contribution in [2.75, 3.05) is 13.1 Å². The van der Waals surface area contributed by atoms with Crippen molar-refractivity contribution in [2.24, 2.45) is 0 Å². The van der Waals surface area contributed by atoms with Crippen LogP contribution in [0.5, 0.6) is 0 Å². The topological polar surface area (TPSA) is 60.2 Å². The lowest BCUT2D eigenvalue weighted by Crippen LogP contribution is -2.51. The van der Waals surface area contributed by atoms with Gasteiger partial charge in [0.1, 0.15) is 6.04 Å². The van der Waals surface area contributed by atoms with E-state index in [4.69, 9.17) is 10.4 Å². The first-order valence-corrected chi connectivity index (χ1v) is 4.53.